The van der Waals surface area contributed by atoms with E-state index in [2.05, 4.69) is 44.3 Å². The molecular formula is C22H30N2O3. The van der Waals surface area contributed by atoms with E-state index in [9.17, 15) is 4.79 Å². The molecule has 3 N–H and O–H groups in total. The monoisotopic (exact) mass is 370 g/mol. The van der Waals surface area contributed by atoms with Gasteiger partial charge < -0.3 is 20.5 Å². The Balaban J connectivity index is 1.95. The molecular weight excluding hydrogens is 340 g/mol. The summed E-state index contributed by atoms with van der Waals surface area (Å²) in [5.41, 5.74) is 9.72. The van der Waals surface area contributed by atoms with Gasteiger partial charge in [-0.1, -0.05) is 38.1 Å². The van der Waals surface area contributed by atoms with Crippen LogP contribution in [0.5, 0.6) is 5.75 Å². The van der Waals surface area contributed by atoms with Crippen LogP contribution in [-0.2, 0) is 16.1 Å². The minimum Gasteiger partial charge on any atom is -0.489 e. The Labute approximate surface area is 161 Å². The summed E-state index contributed by atoms with van der Waals surface area (Å²) in [4.78, 5) is 12.0. The Hall–Kier alpha value is -2.37. The number of benzene rings is 2. The van der Waals surface area contributed by atoms with E-state index in [0.29, 0.717) is 19.1 Å². The highest BCUT2D eigenvalue weighted by atomic mass is 16.5. The van der Waals surface area contributed by atoms with Crippen molar-refractivity contribution in [2.24, 2.45) is 5.73 Å². The van der Waals surface area contributed by atoms with E-state index >= 15 is 0 Å². The second-order valence-corrected chi connectivity index (χ2v) is 7.03. The van der Waals surface area contributed by atoms with Gasteiger partial charge in [0, 0.05) is 19.3 Å². The zero-order chi connectivity index (χ0) is 19.8. The number of amides is 1. The molecule has 27 heavy (non-hydrogen) atoms. The van der Waals surface area contributed by atoms with Gasteiger partial charge >= 0.3 is 0 Å². The van der Waals surface area contributed by atoms with Gasteiger partial charge in [0.2, 0.25) is 5.91 Å². The fraction of sp³-hybridized carbons (Fsp3) is 0.409. The molecule has 0 aliphatic carbocycles. The molecule has 5 heteroatoms. The maximum absolute atomic E-state index is 12.0. The molecule has 2 rings (SSSR count). The van der Waals surface area contributed by atoms with Gasteiger partial charge in [0.1, 0.15) is 12.4 Å². The van der Waals surface area contributed by atoms with Crippen LogP contribution in [0.4, 0.5) is 5.69 Å². The van der Waals surface area contributed by atoms with Gasteiger partial charge in [-0.3, -0.25) is 4.79 Å². The van der Waals surface area contributed by atoms with Gasteiger partial charge in [-0.2, -0.15) is 0 Å². The van der Waals surface area contributed by atoms with Crippen molar-refractivity contribution < 1.29 is 14.3 Å². The quantitative estimate of drug-likeness (QED) is 0.700. The molecule has 0 saturated heterocycles. The van der Waals surface area contributed by atoms with E-state index in [1.165, 1.54) is 11.1 Å². The van der Waals surface area contributed by atoms with Gasteiger partial charge in [0.15, 0.2) is 0 Å². The first kappa shape index (κ1) is 20.9. The fourth-order valence-corrected chi connectivity index (χ4v) is 2.77. The maximum Gasteiger partial charge on any atom is 0.227 e. The van der Waals surface area contributed by atoms with Crippen LogP contribution in [0.2, 0.25) is 0 Å². The Kier molecular flexibility index (Phi) is 7.82. The number of anilines is 1. The molecule has 0 radical (unpaired) electrons. The van der Waals surface area contributed by atoms with Gasteiger partial charge in [0.25, 0.3) is 0 Å². The maximum atomic E-state index is 12.0. The van der Waals surface area contributed by atoms with Crippen LogP contribution in [0.15, 0.2) is 42.5 Å². The SMILES string of the molecule is COC(CN)CC(=O)Nc1ccc(COc2cc(C)ccc2C(C)C)cc1. The molecule has 0 aliphatic heterocycles. The Morgan fingerprint density at radius 2 is 1.85 bits per heavy atom. The standard InChI is InChI=1S/C22H30N2O3/c1-15(2)20-10-5-16(3)11-21(20)27-14-17-6-8-18(9-7-17)24-22(25)12-19(13-23)26-4/h5-11,15,19H,12-14,23H2,1-4H3,(H,24,25). The molecule has 0 fully saturated rings. The second kappa shape index (κ2) is 10.1. The molecule has 0 aliphatic rings. The third-order valence-corrected chi connectivity index (χ3v) is 4.43. The summed E-state index contributed by atoms with van der Waals surface area (Å²) in [5.74, 6) is 1.22. The summed E-state index contributed by atoms with van der Waals surface area (Å²) in [6, 6.07) is 14.0. The highest BCUT2D eigenvalue weighted by molar-refractivity contribution is 5.91. The molecule has 0 bridgehead atoms. The van der Waals surface area contributed by atoms with Crippen molar-refractivity contribution in [1.29, 1.82) is 0 Å². The third kappa shape index (κ3) is 6.38. The normalized spacial score (nSPS) is 12.1. The molecule has 5 nitrogen and oxygen atoms in total. The van der Waals surface area contributed by atoms with Crippen LogP contribution in [0.25, 0.3) is 0 Å². The van der Waals surface area contributed by atoms with Crippen molar-refractivity contribution in [2.75, 3.05) is 19.0 Å². The van der Waals surface area contributed by atoms with Crippen LogP contribution >= 0.6 is 0 Å². The largest absolute Gasteiger partial charge is 0.489 e. The Morgan fingerprint density at radius 3 is 2.44 bits per heavy atom. The highest BCUT2D eigenvalue weighted by Gasteiger charge is 2.12. The molecule has 1 unspecified atom stereocenters. The molecule has 1 amide bonds. The molecule has 2 aromatic rings. The summed E-state index contributed by atoms with van der Waals surface area (Å²) in [6.07, 6.45) is -0.0226. The zero-order valence-corrected chi connectivity index (χ0v) is 16.6. The van der Waals surface area contributed by atoms with Crippen molar-refractivity contribution in [1.82, 2.24) is 0 Å². The third-order valence-electron chi connectivity index (χ3n) is 4.43. The lowest BCUT2D eigenvalue weighted by atomic mass is 10.0. The molecule has 0 spiro atoms. The summed E-state index contributed by atoms with van der Waals surface area (Å²) >= 11 is 0. The number of nitrogens with one attached hydrogen (secondary N) is 1. The van der Waals surface area contributed by atoms with Crippen LogP contribution < -0.4 is 15.8 Å². The average molecular weight is 370 g/mol. The number of methoxy groups -OCH3 is 1. The molecule has 0 saturated carbocycles. The van der Waals surface area contributed by atoms with Crippen molar-refractivity contribution in [3.63, 3.8) is 0 Å². The number of hydrogen-bond donors (Lipinski definition) is 2. The van der Waals surface area contributed by atoms with Crippen molar-refractivity contribution in [3.05, 3.63) is 59.2 Å². The van der Waals surface area contributed by atoms with Crippen LogP contribution in [-0.4, -0.2) is 25.7 Å². The van der Waals surface area contributed by atoms with Gasteiger partial charge in [-0.05, 0) is 47.7 Å². The molecule has 0 aromatic heterocycles. The number of hydrogen-bond acceptors (Lipinski definition) is 4. The van der Waals surface area contributed by atoms with Crippen LogP contribution in [0.1, 0.15) is 42.9 Å². The van der Waals surface area contributed by atoms with E-state index in [1.807, 2.05) is 24.3 Å². The average Bonchev–Trinajstić information content (AvgIpc) is 2.65. The number of nitrogens with two attached hydrogens (primary N) is 1. The number of ether oxygens (including phenoxy) is 2. The van der Waals surface area contributed by atoms with Crippen LogP contribution in [0, 0.1) is 6.92 Å². The molecule has 146 valence electrons. The fourth-order valence-electron chi connectivity index (χ4n) is 2.77. The smallest absolute Gasteiger partial charge is 0.227 e. The van der Waals surface area contributed by atoms with Crippen molar-refractivity contribution in [2.45, 2.75) is 45.8 Å². The van der Waals surface area contributed by atoms with E-state index in [1.54, 1.807) is 7.11 Å². The van der Waals surface area contributed by atoms with E-state index in [0.717, 1.165) is 17.0 Å². The molecule has 2 aromatic carbocycles. The number of rotatable bonds is 9. The van der Waals surface area contributed by atoms with Crippen molar-refractivity contribution in [3.8, 4) is 5.75 Å². The topological polar surface area (TPSA) is 73.6 Å². The number of aryl methyl sites for hydroxylation is 1. The van der Waals surface area contributed by atoms with E-state index < -0.39 is 0 Å². The lowest BCUT2D eigenvalue weighted by Gasteiger charge is -2.15. The van der Waals surface area contributed by atoms with Crippen molar-refractivity contribution >= 4 is 11.6 Å². The van der Waals surface area contributed by atoms with Gasteiger partial charge in [-0.25, -0.2) is 0 Å². The first-order valence-electron chi connectivity index (χ1n) is 9.28. The minimum absolute atomic E-state index is 0.113. The lowest BCUT2D eigenvalue weighted by Crippen LogP contribution is -2.28. The predicted molar refractivity (Wildman–Crippen MR) is 109 cm³/mol. The zero-order valence-electron chi connectivity index (χ0n) is 16.6. The summed E-state index contributed by atoms with van der Waals surface area (Å²) < 4.78 is 11.2. The van der Waals surface area contributed by atoms with E-state index in [4.69, 9.17) is 15.2 Å². The summed E-state index contributed by atoms with van der Waals surface area (Å²) in [5, 5.41) is 2.86. The predicted octanol–water partition coefficient (Wildman–Crippen LogP) is 4.00. The Bertz CT molecular complexity index is 738. The minimum atomic E-state index is -0.262. The first-order valence-corrected chi connectivity index (χ1v) is 9.28. The summed E-state index contributed by atoms with van der Waals surface area (Å²) in [6.45, 7) is 7.18. The summed E-state index contributed by atoms with van der Waals surface area (Å²) in [7, 11) is 1.55. The lowest BCUT2D eigenvalue weighted by molar-refractivity contribution is -0.118. The Morgan fingerprint density at radius 1 is 1.15 bits per heavy atom. The van der Waals surface area contributed by atoms with Crippen LogP contribution in [0.3, 0.4) is 0 Å². The van der Waals surface area contributed by atoms with Gasteiger partial charge in [0.05, 0.1) is 12.5 Å². The van der Waals surface area contributed by atoms with E-state index in [-0.39, 0.29) is 18.4 Å². The first-order chi connectivity index (χ1) is 12.9. The highest BCUT2D eigenvalue weighted by Crippen LogP contribution is 2.28. The molecule has 0 heterocycles. The number of carbonyl (C=O) groups excluding carboxylic acids is 1. The van der Waals surface area contributed by atoms with Gasteiger partial charge in [-0.15, -0.1) is 0 Å². The number of carbonyl (C=O) groups is 1. The molecule has 1 atom stereocenters. The second-order valence-electron chi connectivity index (χ2n) is 7.03.